The van der Waals surface area contributed by atoms with Crippen molar-refractivity contribution < 1.29 is 9.53 Å². The molecule has 0 spiro atoms. The van der Waals surface area contributed by atoms with Gasteiger partial charge in [0.25, 0.3) is 0 Å². The topological polar surface area (TPSA) is 73.2 Å². The fourth-order valence-electron chi connectivity index (χ4n) is 3.27. The van der Waals surface area contributed by atoms with Gasteiger partial charge in [-0.05, 0) is 28.3 Å². The van der Waals surface area contributed by atoms with Gasteiger partial charge in [-0.1, -0.05) is 48.5 Å². The third kappa shape index (κ3) is 2.86. The second-order valence-electron chi connectivity index (χ2n) is 6.16. The highest BCUT2D eigenvalue weighted by atomic mass is 16.5. The molecule has 1 amide bonds. The van der Waals surface area contributed by atoms with Crippen LogP contribution < -0.4 is 11.0 Å². The van der Waals surface area contributed by atoms with Crippen molar-refractivity contribution in [3.05, 3.63) is 82.4 Å². The standard InChI is InChI=1S/C20H17N3O3/c1-23-11-10-18(21-19(23)24)22-20(25)26-12-17-15-8-4-2-6-13(15)14-7-3-5-9-16(14)17/h2-11,17H,12H2,1H3,(H,21,22,24,25). The predicted molar refractivity (Wildman–Crippen MR) is 98.2 cm³/mol. The van der Waals surface area contributed by atoms with Gasteiger partial charge in [0.05, 0.1) is 0 Å². The van der Waals surface area contributed by atoms with E-state index in [1.807, 2.05) is 24.3 Å². The Morgan fingerprint density at radius 2 is 1.69 bits per heavy atom. The molecule has 4 rings (SSSR count). The van der Waals surface area contributed by atoms with Crippen molar-refractivity contribution in [1.82, 2.24) is 9.55 Å². The summed E-state index contributed by atoms with van der Waals surface area (Å²) in [5.41, 5.74) is 4.19. The average molecular weight is 347 g/mol. The quantitative estimate of drug-likeness (QED) is 0.790. The van der Waals surface area contributed by atoms with Gasteiger partial charge >= 0.3 is 11.8 Å². The number of ether oxygens (including phenoxy) is 1. The number of fused-ring (bicyclic) bond motifs is 3. The van der Waals surface area contributed by atoms with E-state index in [1.165, 1.54) is 21.9 Å². The zero-order valence-electron chi connectivity index (χ0n) is 14.2. The Labute approximate surface area is 150 Å². The average Bonchev–Trinajstić information content (AvgIpc) is 2.97. The van der Waals surface area contributed by atoms with Crippen LogP contribution in [0.1, 0.15) is 17.0 Å². The molecular weight excluding hydrogens is 330 g/mol. The summed E-state index contributed by atoms with van der Waals surface area (Å²) < 4.78 is 6.74. The van der Waals surface area contributed by atoms with Gasteiger partial charge in [0.2, 0.25) is 0 Å². The molecule has 0 saturated heterocycles. The molecule has 6 heteroatoms. The maximum absolute atomic E-state index is 12.1. The van der Waals surface area contributed by atoms with Gasteiger partial charge in [-0.15, -0.1) is 0 Å². The van der Waals surface area contributed by atoms with Gasteiger partial charge in [0.1, 0.15) is 12.4 Å². The number of hydrogen-bond acceptors (Lipinski definition) is 4. The Kier molecular flexibility index (Phi) is 4.01. The molecule has 3 aromatic rings. The van der Waals surface area contributed by atoms with Gasteiger partial charge < -0.3 is 9.30 Å². The molecule has 0 saturated carbocycles. The van der Waals surface area contributed by atoms with Crippen LogP contribution in [0.15, 0.2) is 65.6 Å². The minimum absolute atomic E-state index is 0.00949. The van der Waals surface area contributed by atoms with E-state index in [1.54, 1.807) is 13.1 Å². The molecular formula is C20H17N3O3. The molecule has 0 fully saturated rings. The number of anilines is 1. The summed E-state index contributed by atoms with van der Waals surface area (Å²) in [6.07, 6.45) is 0.904. The van der Waals surface area contributed by atoms with Crippen molar-refractivity contribution in [3.63, 3.8) is 0 Å². The van der Waals surface area contributed by atoms with Crippen molar-refractivity contribution in [3.8, 4) is 11.1 Å². The molecule has 26 heavy (non-hydrogen) atoms. The number of amides is 1. The Balaban J connectivity index is 1.50. The number of carbonyl (C=O) groups excluding carboxylic acids is 1. The number of rotatable bonds is 3. The van der Waals surface area contributed by atoms with Crippen molar-refractivity contribution in [2.24, 2.45) is 7.05 Å². The molecule has 0 bridgehead atoms. The van der Waals surface area contributed by atoms with E-state index in [0.29, 0.717) is 0 Å². The van der Waals surface area contributed by atoms with Crippen LogP contribution in [0.25, 0.3) is 11.1 Å². The predicted octanol–water partition coefficient (Wildman–Crippen LogP) is 3.14. The first-order valence-corrected chi connectivity index (χ1v) is 8.29. The van der Waals surface area contributed by atoms with Crippen LogP contribution >= 0.6 is 0 Å². The van der Waals surface area contributed by atoms with Crippen LogP contribution in [-0.4, -0.2) is 22.3 Å². The smallest absolute Gasteiger partial charge is 0.412 e. The van der Waals surface area contributed by atoms with Gasteiger partial charge in [-0.25, -0.2) is 9.59 Å². The Bertz CT molecular complexity index is 997. The first-order chi connectivity index (χ1) is 12.6. The van der Waals surface area contributed by atoms with Crippen LogP contribution in [0.3, 0.4) is 0 Å². The second-order valence-corrected chi connectivity index (χ2v) is 6.16. The molecule has 130 valence electrons. The summed E-state index contributed by atoms with van der Waals surface area (Å²) >= 11 is 0. The highest BCUT2D eigenvalue weighted by Crippen LogP contribution is 2.44. The third-order valence-corrected chi connectivity index (χ3v) is 4.55. The van der Waals surface area contributed by atoms with E-state index < -0.39 is 11.8 Å². The minimum Gasteiger partial charge on any atom is -0.448 e. The van der Waals surface area contributed by atoms with Gasteiger partial charge in [0, 0.05) is 19.2 Å². The molecule has 1 aliphatic rings. The zero-order valence-corrected chi connectivity index (χ0v) is 14.2. The lowest BCUT2D eigenvalue weighted by Crippen LogP contribution is -2.23. The number of aryl methyl sites for hydroxylation is 1. The highest BCUT2D eigenvalue weighted by Gasteiger charge is 2.28. The van der Waals surface area contributed by atoms with E-state index in [4.69, 9.17) is 4.74 Å². The maximum Gasteiger partial charge on any atom is 0.412 e. The molecule has 0 aliphatic heterocycles. The number of carbonyl (C=O) groups is 1. The maximum atomic E-state index is 12.1. The SMILES string of the molecule is Cn1ccc(NC(=O)OCC2c3ccccc3-c3ccccc32)nc1=O. The molecule has 1 N–H and O–H groups in total. The van der Waals surface area contributed by atoms with Crippen molar-refractivity contribution in [1.29, 1.82) is 0 Å². The lowest BCUT2D eigenvalue weighted by molar-refractivity contribution is 0.158. The lowest BCUT2D eigenvalue weighted by atomic mass is 9.98. The lowest BCUT2D eigenvalue weighted by Gasteiger charge is -2.14. The number of nitrogens with one attached hydrogen (secondary N) is 1. The summed E-state index contributed by atoms with van der Waals surface area (Å²) in [5.74, 6) is 0.162. The first kappa shape index (κ1) is 16.1. The van der Waals surface area contributed by atoms with Gasteiger partial charge in [0.15, 0.2) is 0 Å². The van der Waals surface area contributed by atoms with Crippen LogP contribution in [-0.2, 0) is 11.8 Å². The van der Waals surface area contributed by atoms with Crippen LogP contribution in [0.4, 0.5) is 10.6 Å². The molecule has 0 atom stereocenters. The molecule has 1 heterocycles. The number of benzene rings is 2. The van der Waals surface area contributed by atoms with E-state index in [2.05, 4.69) is 34.6 Å². The van der Waals surface area contributed by atoms with Gasteiger partial charge in [-0.3, -0.25) is 5.32 Å². The minimum atomic E-state index is -0.632. The molecule has 0 unspecified atom stereocenters. The fraction of sp³-hybridized carbons (Fsp3) is 0.150. The number of hydrogen-bond donors (Lipinski definition) is 1. The summed E-state index contributed by atoms with van der Waals surface area (Å²) in [5, 5.41) is 2.50. The van der Waals surface area contributed by atoms with E-state index in [0.717, 1.165) is 11.1 Å². The van der Waals surface area contributed by atoms with Crippen molar-refractivity contribution >= 4 is 11.9 Å². The third-order valence-electron chi connectivity index (χ3n) is 4.55. The van der Waals surface area contributed by atoms with Crippen molar-refractivity contribution in [2.45, 2.75) is 5.92 Å². The van der Waals surface area contributed by atoms with Crippen molar-refractivity contribution in [2.75, 3.05) is 11.9 Å². The highest BCUT2D eigenvalue weighted by molar-refractivity contribution is 5.83. The van der Waals surface area contributed by atoms with Crippen LogP contribution in [0.5, 0.6) is 0 Å². The number of aromatic nitrogens is 2. The zero-order chi connectivity index (χ0) is 18.1. The molecule has 0 radical (unpaired) electrons. The summed E-state index contributed by atoms with van der Waals surface area (Å²) in [7, 11) is 1.59. The Hall–Kier alpha value is -3.41. The summed E-state index contributed by atoms with van der Waals surface area (Å²) in [4.78, 5) is 27.4. The summed E-state index contributed by atoms with van der Waals surface area (Å²) in [6.45, 7) is 0.213. The molecule has 2 aromatic carbocycles. The second kappa shape index (κ2) is 6.48. The van der Waals surface area contributed by atoms with Crippen LogP contribution in [0.2, 0.25) is 0 Å². The van der Waals surface area contributed by atoms with E-state index >= 15 is 0 Å². The normalized spacial score (nSPS) is 12.3. The first-order valence-electron chi connectivity index (χ1n) is 8.29. The van der Waals surface area contributed by atoms with Crippen LogP contribution in [0, 0.1) is 0 Å². The Morgan fingerprint density at radius 1 is 1.08 bits per heavy atom. The number of nitrogens with zero attached hydrogens (tertiary/aromatic N) is 2. The van der Waals surface area contributed by atoms with Gasteiger partial charge in [-0.2, -0.15) is 4.98 Å². The molecule has 1 aromatic heterocycles. The Morgan fingerprint density at radius 3 is 2.31 bits per heavy atom. The van der Waals surface area contributed by atoms with E-state index in [-0.39, 0.29) is 18.3 Å². The monoisotopic (exact) mass is 347 g/mol. The van der Waals surface area contributed by atoms with E-state index in [9.17, 15) is 9.59 Å². The fourth-order valence-corrected chi connectivity index (χ4v) is 3.27. The largest absolute Gasteiger partial charge is 0.448 e. The summed E-state index contributed by atoms with van der Waals surface area (Å²) in [6, 6.07) is 17.8. The molecule has 1 aliphatic carbocycles. The molecule has 6 nitrogen and oxygen atoms in total.